The van der Waals surface area contributed by atoms with Crippen LogP contribution in [0.25, 0.3) is 5.65 Å². The molecule has 0 saturated carbocycles. The molecule has 1 amide bonds. The number of hydrogen-bond donors (Lipinski definition) is 1. The molecule has 1 aliphatic heterocycles. The van der Waals surface area contributed by atoms with Crippen molar-refractivity contribution in [3.05, 3.63) is 24.5 Å². The highest BCUT2D eigenvalue weighted by atomic mass is 16.1. The van der Waals surface area contributed by atoms with Crippen LogP contribution in [0.1, 0.15) is 19.8 Å². The standard InChI is InChI=1S/C13H17N5O/c1-10(19)16-11-4-8-17(9-5-11)13-3-6-14-12-2-7-15-18(12)13/h2-3,6-7,11H,4-5,8-9H2,1H3,(H,16,19). The Morgan fingerprint density at radius 3 is 2.84 bits per heavy atom. The van der Waals surface area contributed by atoms with Gasteiger partial charge in [-0.05, 0) is 18.9 Å². The average molecular weight is 259 g/mol. The summed E-state index contributed by atoms with van der Waals surface area (Å²) < 4.78 is 1.86. The molecule has 0 spiro atoms. The Kier molecular flexibility index (Phi) is 3.06. The van der Waals surface area contributed by atoms with Gasteiger partial charge in [-0.1, -0.05) is 0 Å². The topological polar surface area (TPSA) is 62.5 Å². The van der Waals surface area contributed by atoms with E-state index in [1.54, 1.807) is 13.1 Å². The van der Waals surface area contributed by atoms with Crippen LogP contribution in [0.2, 0.25) is 0 Å². The molecule has 2 aromatic rings. The van der Waals surface area contributed by atoms with E-state index in [9.17, 15) is 4.79 Å². The summed E-state index contributed by atoms with van der Waals surface area (Å²) in [5.74, 6) is 1.12. The fourth-order valence-electron chi connectivity index (χ4n) is 2.60. The number of carbonyl (C=O) groups is 1. The summed E-state index contributed by atoms with van der Waals surface area (Å²) in [6.07, 6.45) is 5.50. The first-order valence-corrected chi connectivity index (χ1v) is 6.55. The molecule has 2 aromatic heterocycles. The van der Waals surface area contributed by atoms with Crippen molar-refractivity contribution < 1.29 is 4.79 Å². The molecule has 6 heteroatoms. The summed E-state index contributed by atoms with van der Waals surface area (Å²) in [5, 5.41) is 7.29. The predicted molar refractivity (Wildman–Crippen MR) is 72.0 cm³/mol. The van der Waals surface area contributed by atoms with Gasteiger partial charge in [-0.3, -0.25) is 4.79 Å². The summed E-state index contributed by atoms with van der Waals surface area (Å²) in [5.41, 5.74) is 0.862. The minimum atomic E-state index is 0.0526. The number of nitrogens with one attached hydrogen (secondary N) is 1. The number of amides is 1. The zero-order chi connectivity index (χ0) is 13.2. The fraction of sp³-hybridized carbons (Fsp3) is 0.462. The Morgan fingerprint density at radius 1 is 1.32 bits per heavy atom. The van der Waals surface area contributed by atoms with E-state index in [1.807, 2.05) is 22.8 Å². The largest absolute Gasteiger partial charge is 0.356 e. The van der Waals surface area contributed by atoms with Gasteiger partial charge in [0.25, 0.3) is 0 Å². The van der Waals surface area contributed by atoms with E-state index in [0.717, 1.165) is 37.4 Å². The van der Waals surface area contributed by atoms with Gasteiger partial charge in [0.2, 0.25) is 5.91 Å². The maximum atomic E-state index is 11.1. The molecule has 1 N–H and O–H groups in total. The van der Waals surface area contributed by atoms with Crippen molar-refractivity contribution in [2.24, 2.45) is 0 Å². The van der Waals surface area contributed by atoms with Crippen molar-refractivity contribution in [3.63, 3.8) is 0 Å². The minimum absolute atomic E-state index is 0.0526. The van der Waals surface area contributed by atoms with Crippen molar-refractivity contribution in [2.75, 3.05) is 18.0 Å². The summed E-state index contributed by atoms with van der Waals surface area (Å²) in [4.78, 5) is 17.6. The Bertz CT molecular complexity index is 585. The van der Waals surface area contributed by atoms with Crippen LogP contribution in [0.5, 0.6) is 0 Å². The first-order valence-electron chi connectivity index (χ1n) is 6.55. The molecule has 0 bridgehead atoms. The van der Waals surface area contributed by atoms with E-state index in [0.29, 0.717) is 6.04 Å². The van der Waals surface area contributed by atoms with Gasteiger partial charge in [0, 0.05) is 38.3 Å². The van der Waals surface area contributed by atoms with Crippen LogP contribution < -0.4 is 10.2 Å². The van der Waals surface area contributed by atoms with E-state index in [1.165, 1.54) is 0 Å². The zero-order valence-electron chi connectivity index (χ0n) is 10.9. The monoisotopic (exact) mass is 259 g/mol. The second-order valence-corrected chi connectivity index (χ2v) is 4.87. The highest BCUT2D eigenvalue weighted by Gasteiger charge is 2.21. The van der Waals surface area contributed by atoms with Crippen LogP contribution >= 0.6 is 0 Å². The molecule has 19 heavy (non-hydrogen) atoms. The maximum absolute atomic E-state index is 11.1. The highest BCUT2D eigenvalue weighted by molar-refractivity contribution is 5.73. The lowest BCUT2D eigenvalue weighted by molar-refractivity contribution is -0.119. The van der Waals surface area contributed by atoms with Gasteiger partial charge in [-0.2, -0.15) is 9.61 Å². The van der Waals surface area contributed by atoms with E-state index in [2.05, 4.69) is 20.3 Å². The summed E-state index contributed by atoms with van der Waals surface area (Å²) in [6.45, 7) is 3.41. The lowest BCUT2D eigenvalue weighted by atomic mass is 10.1. The zero-order valence-corrected chi connectivity index (χ0v) is 10.9. The lowest BCUT2D eigenvalue weighted by Gasteiger charge is -2.33. The molecule has 0 aliphatic carbocycles. The number of aromatic nitrogens is 3. The molecular formula is C13H17N5O. The van der Waals surface area contributed by atoms with Gasteiger partial charge in [0.05, 0.1) is 6.20 Å². The number of carbonyl (C=O) groups excluding carboxylic acids is 1. The van der Waals surface area contributed by atoms with Crippen LogP contribution in [-0.2, 0) is 4.79 Å². The van der Waals surface area contributed by atoms with Gasteiger partial charge in [-0.25, -0.2) is 4.98 Å². The molecular weight excluding hydrogens is 242 g/mol. The lowest BCUT2D eigenvalue weighted by Crippen LogP contribution is -2.44. The first kappa shape index (κ1) is 12.0. The van der Waals surface area contributed by atoms with Gasteiger partial charge in [0.1, 0.15) is 5.82 Å². The number of anilines is 1. The van der Waals surface area contributed by atoms with Gasteiger partial charge < -0.3 is 10.2 Å². The molecule has 0 atom stereocenters. The van der Waals surface area contributed by atoms with Gasteiger partial charge in [0.15, 0.2) is 5.65 Å². The Morgan fingerprint density at radius 2 is 2.11 bits per heavy atom. The molecule has 100 valence electrons. The molecule has 0 aromatic carbocycles. The van der Waals surface area contributed by atoms with Crippen LogP contribution in [0.15, 0.2) is 24.5 Å². The minimum Gasteiger partial charge on any atom is -0.356 e. The van der Waals surface area contributed by atoms with E-state index in [4.69, 9.17) is 0 Å². The maximum Gasteiger partial charge on any atom is 0.217 e. The number of rotatable bonds is 2. The number of piperidine rings is 1. The number of hydrogen-bond acceptors (Lipinski definition) is 4. The van der Waals surface area contributed by atoms with Gasteiger partial charge >= 0.3 is 0 Å². The third-order valence-electron chi connectivity index (χ3n) is 3.50. The van der Waals surface area contributed by atoms with Gasteiger partial charge in [-0.15, -0.1) is 0 Å². The Hall–Kier alpha value is -2.11. The van der Waals surface area contributed by atoms with Crippen molar-refractivity contribution in [1.82, 2.24) is 19.9 Å². The van der Waals surface area contributed by atoms with Crippen LogP contribution in [-0.4, -0.2) is 39.6 Å². The molecule has 0 radical (unpaired) electrons. The van der Waals surface area contributed by atoms with Crippen LogP contribution in [0.3, 0.4) is 0 Å². The molecule has 3 heterocycles. The van der Waals surface area contributed by atoms with Crippen molar-refractivity contribution >= 4 is 17.4 Å². The Labute approximate surface area is 111 Å². The fourth-order valence-corrected chi connectivity index (χ4v) is 2.60. The molecule has 1 saturated heterocycles. The summed E-state index contributed by atoms with van der Waals surface area (Å²) in [7, 11) is 0. The number of nitrogens with zero attached hydrogens (tertiary/aromatic N) is 4. The second kappa shape index (κ2) is 4.87. The van der Waals surface area contributed by atoms with E-state index in [-0.39, 0.29) is 5.91 Å². The van der Waals surface area contributed by atoms with Crippen molar-refractivity contribution in [2.45, 2.75) is 25.8 Å². The predicted octanol–water partition coefficient (Wildman–Crippen LogP) is 0.834. The van der Waals surface area contributed by atoms with E-state index >= 15 is 0 Å². The molecule has 1 fully saturated rings. The first-order chi connectivity index (χ1) is 9.24. The third kappa shape index (κ3) is 2.38. The molecule has 6 nitrogen and oxygen atoms in total. The molecule has 0 unspecified atom stereocenters. The number of fused-ring (bicyclic) bond motifs is 1. The Balaban J connectivity index is 1.75. The second-order valence-electron chi connectivity index (χ2n) is 4.87. The van der Waals surface area contributed by atoms with E-state index < -0.39 is 0 Å². The normalized spacial score (nSPS) is 16.8. The summed E-state index contributed by atoms with van der Waals surface area (Å²) >= 11 is 0. The highest BCUT2D eigenvalue weighted by Crippen LogP contribution is 2.19. The average Bonchev–Trinajstić information content (AvgIpc) is 2.87. The SMILES string of the molecule is CC(=O)NC1CCN(c2ccnc3ccnn23)CC1. The summed E-state index contributed by atoms with van der Waals surface area (Å²) in [6, 6.07) is 4.18. The quantitative estimate of drug-likeness (QED) is 0.868. The van der Waals surface area contributed by atoms with Crippen LogP contribution in [0, 0.1) is 0 Å². The van der Waals surface area contributed by atoms with Crippen molar-refractivity contribution in [1.29, 1.82) is 0 Å². The van der Waals surface area contributed by atoms with Crippen LogP contribution in [0.4, 0.5) is 5.82 Å². The third-order valence-corrected chi connectivity index (χ3v) is 3.50. The van der Waals surface area contributed by atoms with Crippen molar-refractivity contribution in [3.8, 4) is 0 Å². The smallest absolute Gasteiger partial charge is 0.217 e. The molecule has 1 aliphatic rings. The molecule has 3 rings (SSSR count).